The lowest BCUT2D eigenvalue weighted by atomic mass is 9.80. The molecule has 2 N–H and O–H groups in total. The molecule has 1 aromatic rings. The molecule has 0 unspecified atom stereocenters. The molecule has 0 saturated heterocycles. The van der Waals surface area contributed by atoms with Crippen LogP contribution in [0.25, 0.3) is 0 Å². The molecule has 0 atom stereocenters. The van der Waals surface area contributed by atoms with Crippen molar-refractivity contribution in [2.45, 2.75) is 24.9 Å². The van der Waals surface area contributed by atoms with Crippen molar-refractivity contribution in [3.8, 4) is 0 Å². The van der Waals surface area contributed by atoms with Crippen LogP contribution >= 0.6 is 0 Å². The van der Waals surface area contributed by atoms with Crippen molar-refractivity contribution in [1.29, 1.82) is 0 Å². The van der Waals surface area contributed by atoms with Gasteiger partial charge >= 0.3 is 0 Å². The summed E-state index contributed by atoms with van der Waals surface area (Å²) < 4.78 is 26.1. The first-order chi connectivity index (χ1) is 9.32. The number of nitro benzene ring substituents is 1. The lowest BCUT2D eigenvalue weighted by Gasteiger charge is -2.36. The Balaban J connectivity index is 2.20. The van der Waals surface area contributed by atoms with E-state index >= 15 is 0 Å². The van der Waals surface area contributed by atoms with Crippen molar-refractivity contribution in [2.24, 2.45) is 0 Å². The van der Waals surface area contributed by atoms with Crippen molar-refractivity contribution in [3.05, 3.63) is 39.4 Å². The van der Waals surface area contributed by atoms with Crippen LogP contribution in [0.5, 0.6) is 0 Å². The molecule has 0 bridgehead atoms. The van der Waals surface area contributed by atoms with Gasteiger partial charge in [0, 0.05) is 6.54 Å². The van der Waals surface area contributed by atoms with E-state index in [1.54, 1.807) is 0 Å². The second-order valence-corrected chi connectivity index (χ2v) is 4.80. The molecule has 1 saturated carbocycles. The molecule has 2 rings (SSSR count). The molecular formula is C12H12F2N2O4. The number of hydrogen-bond donors (Lipinski definition) is 2. The normalized spacial score (nSPS) is 16.4. The second kappa shape index (κ2) is 5.12. The number of nitro groups is 1. The number of aliphatic hydroxyl groups is 1. The second-order valence-electron chi connectivity index (χ2n) is 4.80. The zero-order chi connectivity index (χ0) is 14.9. The highest BCUT2D eigenvalue weighted by Gasteiger charge is 2.35. The van der Waals surface area contributed by atoms with Gasteiger partial charge in [-0.1, -0.05) is 0 Å². The smallest absolute Gasteiger partial charge is 0.285 e. The molecular weight excluding hydrogens is 274 g/mol. The highest BCUT2D eigenvalue weighted by molar-refractivity contribution is 5.98. The Morgan fingerprint density at radius 1 is 1.40 bits per heavy atom. The van der Waals surface area contributed by atoms with E-state index < -0.39 is 39.3 Å². The Morgan fingerprint density at radius 3 is 2.50 bits per heavy atom. The maximum atomic E-state index is 13.1. The predicted octanol–water partition coefficient (Wildman–Crippen LogP) is 1.52. The van der Waals surface area contributed by atoms with Gasteiger partial charge in [0.1, 0.15) is 5.56 Å². The summed E-state index contributed by atoms with van der Waals surface area (Å²) in [5.41, 5.74) is -2.40. The zero-order valence-electron chi connectivity index (χ0n) is 10.4. The standard InChI is InChI=1S/C12H12F2N2O4/c13-8-4-7(10(16(19)20)5-9(8)14)11(17)15-6-12(18)2-1-3-12/h4-5,18H,1-3,6H2,(H,15,17). The molecule has 1 aliphatic carbocycles. The molecule has 20 heavy (non-hydrogen) atoms. The predicted molar refractivity (Wildman–Crippen MR) is 64.1 cm³/mol. The Morgan fingerprint density at radius 2 is 2.00 bits per heavy atom. The average molecular weight is 286 g/mol. The molecule has 8 heteroatoms. The van der Waals surface area contributed by atoms with Crippen LogP contribution in [-0.2, 0) is 0 Å². The van der Waals surface area contributed by atoms with Crippen LogP contribution in [0.15, 0.2) is 12.1 Å². The molecule has 1 aliphatic rings. The van der Waals surface area contributed by atoms with Crippen LogP contribution in [0, 0.1) is 21.7 Å². The highest BCUT2D eigenvalue weighted by atomic mass is 19.2. The van der Waals surface area contributed by atoms with Crippen molar-refractivity contribution in [1.82, 2.24) is 5.32 Å². The Hall–Kier alpha value is -2.09. The SMILES string of the molecule is O=C(NCC1(O)CCC1)c1cc(F)c(F)cc1[N+](=O)[O-]. The summed E-state index contributed by atoms with van der Waals surface area (Å²) in [7, 11) is 0. The fourth-order valence-corrected chi connectivity index (χ4v) is 1.97. The fourth-order valence-electron chi connectivity index (χ4n) is 1.97. The van der Waals surface area contributed by atoms with Gasteiger partial charge in [-0.3, -0.25) is 14.9 Å². The summed E-state index contributed by atoms with van der Waals surface area (Å²) >= 11 is 0. The summed E-state index contributed by atoms with van der Waals surface area (Å²) in [4.78, 5) is 21.6. The zero-order valence-corrected chi connectivity index (χ0v) is 10.4. The Labute approximate surface area is 112 Å². The molecule has 6 nitrogen and oxygen atoms in total. The van der Waals surface area contributed by atoms with E-state index in [1.807, 2.05) is 0 Å². The minimum atomic E-state index is -1.40. The third kappa shape index (κ3) is 2.74. The van der Waals surface area contributed by atoms with E-state index in [9.17, 15) is 28.8 Å². The van der Waals surface area contributed by atoms with Gasteiger partial charge in [0.2, 0.25) is 0 Å². The van der Waals surface area contributed by atoms with E-state index in [4.69, 9.17) is 0 Å². The molecule has 1 amide bonds. The van der Waals surface area contributed by atoms with Gasteiger partial charge in [0.25, 0.3) is 11.6 Å². The first kappa shape index (κ1) is 14.3. The highest BCUT2D eigenvalue weighted by Crippen LogP contribution is 2.31. The van der Waals surface area contributed by atoms with E-state index in [-0.39, 0.29) is 6.54 Å². The third-order valence-corrected chi connectivity index (χ3v) is 3.34. The van der Waals surface area contributed by atoms with E-state index in [0.717, 1.165) is 6.42 Å². The quantitative estimate of drug-likeness (QED) is 0.648. The van der Waals surface area contributed by atoms with Gasteiger partial charge in [-0.25, -0.2) is 8.78 Å². The molecule has 0 radical (unpaired) electrons. The number of nitrogens with zero attached hydrogens (tertiary/aromatic N) is 1. The minimum Gasteiger partial charge on any atom is -0.388 e. The van der Waals surface area contributed by atoms with Crippen LogP contribution in [0.3, 0.4) is 0 Å². The number of rotatable bonds is 4. The molecule has 0 aliphatic heterocycles. The largest absolute Gasteiger partial charge is 0.388 e. The Kier molecular flexibility index (Phi) is 3.67. The lowest BCUT2D eigenvalue weighted by Crippen LogP contribution is -2.47. The number of amides is 1. The van der Waals surface area contributed by atoms with Gasteiger partial charge in [-0.15, -0.1) is 0 Å². The number of hydrogen-bond acceptors (Lipinski definition) is 4. The van der Waals surface area contributed by atoms with Gasteiger partial charge < -0.3 is 10.4 Å². The number of benzene rings is 1. The first-order valence-corrected chi connectivity index (χ1v) is 5.96. The molecule has 0 aromatic heterocycles. The molecule has 1 aromatic carbocycles. The van der Waals surface area contributed by atoms with Crippen LogP contribution < -0.4 is 5.32 Å². The monoisotopic (exact) mass is 286 g/mol. The summed E-state index contributed by atoms with van der Waals surface area (Å²) in [6.07, 6.45) is 1.87. The van der Waals surface area contributed by atoms with Crippen LogP contribution in [0.4, 0.5) is 14.5 Å². The summed E-state index contributed by atoms with van der Waals surface area (Å²) in [6, 6.07) is 0.843. The molecule has 0 spiro atoms. The van der Waals surface area contributed by atoms with Gasteiger partial charge in [0.05, 0.1) is 16.6 Å². The summed E-state index contributed by atoms with van der Waals surface area (Å²) in [5.74, 6) is -3.66. The number of nitrogens with one attached hydrogen (secondary N) is 1. The van der Waals surface area contributed by atoms with Crippen LogP contribution in [-0.4, -0.2) is 28.1 Å². The van der Waals surface area contributed by atoms with E-state index in [2.05, 4.69) is 5.32 Å². The third-order valence-electron chi connectivity index (χ3n) is 3.34. The number of carbonyl (C=O) groups is 1. The Bertz CT molecular complexity index is 573. The van der Waals surface area contributed by atoms with Crippen molar-refractivity contribution < 1.29 is 23.6 Å². The van der Waals surface area contributed by atoms with Crippen molar-refractivity contribution in [3.63, 3.8) is 0 Å². The molecule has 0 heterocycles. The molecule has 1 fully saturated rings. The number of halogens is 2. The fraction of sp³-hybridized carbons (Fsp3) is 0.417. The van der Waals surface area contributed by atoms with E-state index in [0.29, 0.717) is 25.0 Å². The summed E-state index contributed by atoms with van der Waals surface area (Å²) in [5, 5.41) is 22.8. The van der Waals surface area contributed by atoms with Gasteiger partial charge in [0.15, 0.2) is 11.6 Å². The maximum Gasteiger partial charge on any atom is 0.285 e. The lowest BCUT2D eigenvalue weighted by molar-refractivity contribution is -0.385. The van der Waals surface area contributed by atoms with E-state index in [1.165, 1.54) is 0 Å². The van der Waals surface area contributed by atoms with Crippen molar-refractivity contribution >= 4 is 11.6 Å². The van der Waals surface area contributed by atoms with Gasteiger partial charge in [-0.05, 0) is 25.3 Å². The van der Waals surface area contributed by atoms with Crippen LogP contribution in [0.1, 0.15) is 29.6 Å². The van der Waals surface area contributed by atoms with Crippen molar-refractivity contribution in [2.75, 3.05) is 6.54 Å². The first-order valence-electron chi connectivity index (χ1n) is 5.96. The van der Waals surface area contributed by atoms with Gasteiger partial charge in [-0.2, -0.15) is 0 Å². The summed E-state index contributed by atoms with van der Waals surface area (Å²) in [6.45, 7) is -0.0814. The molecule has 108 valence electrons. The van der Waals surface area contributed by atoms with Crippen LogP contribution in [0.2, 0.25) is 0 Å². The topological polar surface area (TPSA) is 92.5 Å². The maximum absolute atomic E-state index is 13.1. The minimum absolute atomic E-state index is 0.0814. The average Bonchev–Trinajstić information content (AvgIpc) is 2.36. The number of carbonyl (C=O) groups excluding carboxylic acids is 1.